The van der Waals surface area contributed by atoms with Gasteiger partial charge in [-0.05, 0) is 32.0 Å². The number of benzene rings is 2. The molecule has 0 unspecified atom stereocenters. The molecule has 5 rings (SSSR count). The minimum atomic E-state index is -0.383. The molecule has 3 aromatic heterocycles. The second-order valence-corrected chi connectivity index (χ2v) is 8.01. The number of carbonyl (C=O) groups is 1. The molecule has 0 saturated heterocycles. The third kappa shape index (κ3) is 3.49. The molecule has 2 aromatic carbocycles. The maximum Gasteiger partial charge on any atom is 0.295 e. The standard InChI is InChI=1S/C26H24N6O2/c1-4-31-24-21(16-27-31)20(15-22(28-24)18-11-7-5-8-12-18)25(33)29-23-17(2)30(3)32(26(23)34)19-13-9-6-10-14-19/h5-16H,4H2,1-3H3,(H,29,33). The summed E-state index contributed by atoms with van der Waals surface area (Å²) in [7, 11) is 1.79. The highest BCUT2D eigenvalue weighted by Gasteiger charge is 2.22. The Morgan fingerprint density at radius 1 is 1.03 bits per heavy atom. The number of para-hydroxylation sites is 1. The Hall–Kier alpha value is -4.46. The SMILES string of the molecule is CCn1ncc2c(C(=O)Nc3c(C)n(C)n(-c4ccccc4)c3=O)cc(-c3ccccc3)nc21. The molecule has 0 saturated carbocycles. The van der Waals surface area contributed by atoms with Crippen molar-refractivity contribution in [3.05, 3.63) is 94.5 Å². The van der Waals surface area contributed by atoms with Crippen LogP contribution in [0.3, 0.4) is 0 Å². The zero-order chi connectivity index (χ0) is 23.8. The normalized spacial score (nSPS) is 11.1. The van der Waals surface area contributed by atoms with Crippen molar-refractivity contribution in [2.45, 2.75) is 20.4 Å². The molecule has 0 aliphatic rings. The van der Waals surface area contributed by atoms with Gasteiger partial charge in [0.05, 0.1) is 34.2 Å². The lowest BCUT2D eigenvalue weighted by Crippen LogP contribution is -2.23. The minimum Gasteiger partial charge on any atom is -0.316 e. The second-order valence-electron chi connectivity index (χ2n) is 8.01. The predicted molar refractivity (Wildman–Crippen MR) is 132 cm³/mol. The smallest absolute Gasteiger partial charge is 0.295 e. The van der Waals surface area contributed by atoms with Gasteiger partial charge in [0.15, 0.2) is 5.65 Å². The Kier molecular flexibility index (Phi) is 5.33. The minimum absolute atomic E-state index is 0.241. The Morgan fingerprint density at radius 3 is 2.38 bits per heavy atom. The van der Waals surface area contributed by atoms with E-state index in [-0.39, 0.29) is 17.2 Å². The van der Waals surface area contributed by atoms with Crippen molar-refractivity contribution in [2.24, 2.45) is 7.05 Å². The molecule has 0 bridgehead atoms. The van der Waals surface area contributed by atoms with Gasteiger partial charge in [-0.1, -0.05) is 48.5 Å². The summed E-state index contributed by atoms with van der Waals surface area (Å²) in [6, 6.07) is 20.8. The quantitative estimate of drug-likeness (QED) is 0.434. The molecule has 0 aliphatic heterocycles. The Labute approximate surface area is 196 Å². The summed E-state index contributed by atoms with van der Waals surface area (Å²) in [6.45, 7) is 4.40. The number of hydrogen-bond donors (Lipinski definition) is 1. The van der Waals surface area contributed by atoms with E-state index in [1.807, 2.05) is 74.5 Å². The number of nitrogens with one attached hydrogen (secondary N) is 1. The van der Waals surface area contributed by atoms with Crippen LogP contribution < -0.4 is 10.9 Å². The first-order valence-electron chi connectivity index (χ1n) is 11.1. The highest BCUT2D eigenvalue weighted by molar-refractivity contribution is 6.12. The molecule has 0 aliphatic carbocycles. The van der Waals surface area contributed by atoms with Gasteiger partial charge < -0.3 is 5.32 Å². The topological polar surface area (TPSA) is 86.7 Å². The summed E-state index contributed by atoms with van der Waals surface area (Å²) in [5.41, 5.74) is 3.92. The summed E-state index contributed by atoms with van der Waals surface area (Å²) in [5.74, 6) is -0.383. The molecule has 34 heavy (non-hydrogen) atoms. The van der Waals surface area contributed by atoms with Crippen LogP contribution in [0.4, 0.5) is 5.69 Å². The van der Waals surface area contributed by atoms with Crippen molar-refractivity contribution in [3.8, 4) is 16.9 Å². The molecule has 0 radical (unpaired) electrons. The average Bonchev–Trinajstić information content (AvgIpc) is 3.38. The first kappa shape index (κ1) is 21.4. The van der Waals surface area contributed by atoms with E-state index in [4.69, 9.17) is 4.98 Å². The number of anilines is 1. The van der Waals surface area contributed by atoms with Crippen LogP contribution in [-0.4, -0.2) is 30.0 Å². The zero-order valence-electron chi connectivity index (χ0n) is 19.2. The average molecular weight is 453 g/mol. The lowest BCUT2D eigenvalue weighted by Gasteiger charge is -2.09. The van der Waals surface area contributed by atoms with E-state index >= 15 is 0 Å². The van der Waals surface area contributed by atoms with Crippen molar-refractivity contribution in [1.29, 1.82) is 0 Å². The fourth-order valence-electron chi connectivity index (χ4n) is 4.12. The van der Waals surface area contributed by atoms with Crippen molar-refractivity contribution < 1.29 is 4.79 Å². The molecule has 3 heterocycles. The fourth-order valence-corrected chi connectivity index (χ4v) is 4.12. The molecule has 8 nitrogen and oxygen atoms in total. The molecular formula is C26H24N6O2. The van der Waals surface area contributed by atoms with Crippen molar-refractivity contribution in [3.63, 3.8) is 0 Å². The monoisotopic (exact) mass is 452 g/mol. The van der Waals surface area contributed by atoms with Crippen LogP contribution in [-0.2, 0) is 13.6 Å². The number of hydrogen-bond acceptors (Lipinski definition) is 4. The number of amides is 1. The van der Waals surface area contributed by atoms with Gasteiger partial charge in [-0.15, -0.1) is 0 Å². The van der Waals surface area contributed by atoms with Gasteiger partial charge in [0, 0.05) is 19.2 Å². The summed E-state index contributed by atoms with van der Waals surface area (Å²) in [6.07, 6.45) is 1.65. The van der Waals surface area contributed by atoms with Crippen LogP contribution in [0.25, 0.3) is 28.0 Å². The van der Waals surface area contributed by atoms with Crippen LogP contribution in [0.2, 0.25) is 0 Å². The van der Waals surface area contributed by atoms with E-state index in [0.717, 1.165) is 11.3 Å². The summed E-state index contributed by atoms with van der Waals surface area (Å²) in [4.78, 5) is 31.6. The van der Waals surface area contributed by atoms with E-state index < -0.39 is 0 Å². The van der Waals surface area contributed by atoms with Gasteiger partial charge in [-0.25, -0.2) is 14.3 Å². The van der Waals surface area contributed by atoms with Crippen LogP contribution in [0.15, 0.2) is 77.7 Å². The van der Waals surface area contributed by atoms with Crippen molar-refractivity contribution in [1.82, 2.24) is 24.1 Å². The Morgan fingerprint density at radius 2 is 1.71 bits per heavy atom. The highest BCUT2D eigenvalue weighted by Crippen LogP contribution is 2.26. The maximum atomic E-state index is 13.5. The number of nitrogens with zero attached hydrogens (tertiary/aromatic N) is 5. The predicted octanol–water partition coefficient (Wildman–Crippen LogP) is 4.17. The largest absolute Gasteiger partial charge is 0.316 e. The number of aromatic nitrogens is 5. The summed E-state index contributed by atoms with van der Waals surface area (Å²) in [5, 5.41) is 7.90. The summed E-state index contributed by atoms with van der Waals surface area (Å²) >= 11 is 0. The second kappa shape index (κ2) is 8.47. The maximum absolute atomic E-state index is 13.5. The first-order valence-corrected chi connectivity index (χ1v) is 11.1. The van der Waals surface area contributed by atoms with Gasteiger partial charge in [-0.2, -0.15) is 5.10 Å². The lowest BCUT2D eigenvalue weighted by atomic mass is 10.1. The molecule has 0 spiro atoms. The van der Waals surface area contributed by atoms with Crippen LogP contribution >= 0.6 is 0 Å². The number of carbonyl (C=O) groups excluding carboxylic acids is 1. The summed E-state index contributed by atoms with van der Waals surface area (Å²) < 4.78 is 5.03. The van der Waals surface area contributed by atoms with E-state index in [0.29, 0.717) is 34.5 Å². The van der Waals surface area contributed by atoms with Crippen LogP contribution in [0.5, 0.6) is 0 Å². The molecular weight excluding hydrogens is 428 g/mol. The van der Waals surface area contributed by atoms with Gasteiger partial charge in [0.2, 0.25) is 0 Å². The van der Waals surface area contributed by atoms with E-state index in [1.54, 1.807) is 28.7 Å². The van der Waals surface area contributed by atoms with Gasteiger partial charge in [0.25, 0.3) is 11.5 Å². The molecule has 0 fully saturated rings. The molecule has 1 amide bonds. The highest BCUT2D eigenvalue weighted by atomic mass is 16.2. The van der Waals surface area contributed by atoms with Crippen molar-refractivity contribution in [2.75, 3.05) is 5.32 Å². The lowest BCUT2D eigenvalue weighted by molar-refractivity contribution is 0.102. The molecule has 5 aromatic rings. The van der Waals surface area contributed by atoms with Gasteiger partial charge in [0.1, 0.15) is 5.69 Å². The Balaban J connectivity index is 1.61. The number of rotatable bonds is 5. The van der Waals surface area contributed by atoms with E-state index in [2.05, 4.69) is 10.4 Å². The number of fused-ring (bicyclic) bond motifs is 1. The third-order valence-electron chi connectivity index (χ3n) is 6.02. The van der Waals surface area contributed by atoms with Crippen molar-refractivity contribution >= 4 is 22.6 Å². The molecule has 1 N–H and O–H groups in total. The van der Waals surface area contributed by atoms with E-state index in [9.17, 15) is 9.59 Å². The number of pyridine rings is 1. The molecule has 8 heteroatoms. The van der Waals surface area contributed by atoms with Gasteiger partial charge in [-0.3, -0.25) is 14.3 Å². The fraction of sp³-hybridized carbons (Fsp3) is 0.154. The molecule has 170 valence electrons. The first-order chi connectivity index (χ1) is 16.5. The van der Waals surface area contributed by atoms with E-state index in [1.165, 1.54) is 4.68 Å². The number of aryl methyl sites for hydroxylation is 1. The zero-order valence-corrected chi connectivity index (χ0v) is 19.2. The Bertz CT molecular complexity index is 1560. The third-order valence-corrected chi connectivity index (χ3v) is 6.02. The van der Waals surface area contributed by atoms with Crippen LogP contribution in [0, 0.1) is 6.92 Å². The van der Waals surface area contributed by atoms with Gasteiger partial charge >= 0.3 is 0 Å². The van der Waals surface area contributed by atoms with Crippen LogP contribution in [0.1, 0.15) is 23.0 Å². The molecule has 0 atom stereocenters.